The van der Waals surface area contributed by atoms with Crippen LogP contribution in [0.5, 0.6) is 0 Å². The zero-order valence-electron chi connectivity index (χ0n) is 11.9. The summed E-state index contributed by atoms with van der Waals surface area (Å²) in [7, 11) is 4.24. The Morgan fingerprint density at radius 1 is 1.29 bits per heavy atom. The fourth-order valence-electron chi connectivity index (χ4n) is 2.15. The minimum absolute atomic E-state index is 0.389. The van der Waals surface area contributed by atoms with E-state index in [0.717, 1.165) is 39.3 Å². The molecule has 1 fully saturated rings. The van der Waals surface area contributed by atoms with E-state index in [1.807, 2.05) is 0 Å². The summed E-state index contributed by atoms with van der Waals surface area (Å²) < 4.78 is 5.62. The van der Waals surface area contributed by atoms with Crippen molar-refractivity contribution in [1.82, 2.24) is 15.1 Å². The highest BCUT2D eigenvalue weighted by molar-refractivity contribution is 4.75. The lowest BCUT2D eigenvalue weighted by Gasteiger charge is -2.36. The maximum absolute atomic E-state index is 5.62. The number of ether oxygens (including phenoxy) is 1. The first kappa shape index (κ1) is 14.9. The van der Waals surface area contributed by atoms with Crippen LogP contribution < -0.4 is 5.32 Å². The summed E-state index contributed by atoms with van der Waals surface area (Å²) in [6.07, 6.45) is 1.61. The Bertz CT molecular complexity index is 199. The number of hydrogen-bond acceptors (Lipinski definition) is 4. The molecule has 102 valence electrons. The van der Waals surface area contributed by atoms with E-state index >= 15 is 0 Å². The number of nitrogens with zero attached hydrogens (tertiary/aromatic N) is 2. The molecule has 1 heterocycles. The maximum atomic E-state index is 5.62. The predicted molar refractivity (Wildman–Crippen MR) is 72.5 cm³/mol. The van der Waals surface area contributed by atoms with Crippen molar-refractivity contribution in [1.29, 1.82) is 0 Å². The van der Waals surface area contributed by atoms with Crippen LogP contribution in [0.1, 0.15) is 20.3 Å². The Morgan fingerprint density at radius 2 is 2.06 bits per heavy atom. The fourth-order valence-corrected chi connectivity index (χ4v) is 2.15. The van der Waals surface area contributed by atoms with Crippen LogP contribution in [0.15, 0.2) is 0 Å². The summed E-state index contributed by atoms with van der Waals surface area (Å²) in [6, 6.07) is 0.565. The predicted octanol–water partition coefficient (Wildman–Crippen LogP) is 0.637. The van der Waals surface area contributed by atoms with Gasteiger partial charge in [-0.25, -0.2) is 0 Å². The molecule has 0 aromatic carbocycles. The van der Waals surface area contributed by atoms with Crippen LogP contribution in [0.25, 0.3) is 0 Å². The average Bonchev–Trinajstić information content (AvgIpc) is 2.27. The van der Waals surface area contributed by atoms with E-state index in [4.69, 9.17) is 4.74 Å². The molecule has 0 saturated carbocycles. The topological polar surface area (TPSA) is 27.7 Å². The normalized spacial score (nSPS) is 26.6. The Balaban J connectivity index is 2.01. The Kier molecular flexibility index (Phi) is 7.04. The molecular formula is C13H29N3O. The monoisotopic (exact) mass is 243 g/mol. The third-order valence-corrected chi connectivity index (χ3v) is 3.27. The lowest BCUT2D eigenvalue weighted by molar-refractivity contribution is -0.0486. The summed E-state index contributed by atoms with van der Waals surface area (Å²) >= 11 is 0. The summed E-state index contributed by atoms with van der Waals surface area (Å²) in [4.78, 5) is 4.75. The second-order valence-corrected chi connectivity index (χ2v) is 5.39. The molecule has 0 aliphatic carbocycles. The van der Waals surface area contributed by atoms with Crippen LogP contribution >= 0.6 is 0 Å². The fraction of sp³-hybridized carbons (Fsp3) is 1.00. The molecule has 4 heteroatoms. The lowest BCUT2D eigenvalue weighted by atomic mass is 10.2. The van der Waals surface area contributed by atoms with Gasteiger partial charge in [0, 0.05) is 25.7 Å². The molecule has 0 amide bonds. The number of nitrogens with one attached hydrogen (secondary N) is 1. The molecule has 0 spiro atoms. The minimum Gasteiger partial charge on any atom is -0.376 e. The second kappa shape index (κ2) is 8.03. The van der Waals surface area contributed by atoms with Crippen molar-refractivity contribution in [3.05, 3.63) is 0 Å². The maximum Gasteiger partial charge on any atom is 0.0674 e. The van der Waals surface area contributed by atoms with Crippen LogP contribution in [0.4, 0.5) is 0 Å². The van der Waals surface area contributed by atoms with E-state index < -0.39 is 0 Å². The van der Waals surface area contributed by atoms with E-state index in [9.17, 15) is 0 Å². The molecule has 0 bridgehead atoms. The molecular weight excluding hydrogens is 214 g/mol. The summed E-state index contributed by atoms with van der Waals surface area (Å²) in [6.45, 7) is 10.9. The van der Waals surface area contributed by atoms with Crippen molar-refractivity contribution in [2.45, 2.75) is 32.4 Å². The highest BCUT2D eigenvalue weighted by Gasteiger charge is 2.22. The molecule has 17 heavy (non-hydrogen) atoms. The van der Waals surface area contributed by atoms with E-state index in [1.54, 1.807) is 0 Å². The van der Waals surface area contributed by atoms with Crippen LogP contribution in [-0.2, 0) is 4.74 Å². The van der Waals surface area contributed by atoms with Crippen LogP contribution in [0.2, 0.25) is 0 Å². The van der Waals surface area contributed by atoms with Gasteiger partial charge in [-0.15, -0.1) is 0 Å². The van der Waals surface area contributed by atoms with E-state index in [-0.39, 0.29) is 0 Å². The molecule has 4 nitrogen and oxygen atoms in total. The molecule has 1 aliphatic heterocycles. The number of rotatable bonds is 7. The molecule has 1 aliphatic rings. The first-order valence-corrected chi connectivity index (χ1v) is 6.80. The Hall–Kier alpha value is -0.160. The second-order valence-electron chi connectivity index (χ2n) is 5.39. The van der Waals surface area contributed by atoms with Crippen molar-refractivity contribution in [3.63, 3.8) is 0 Å². The Labute approximate surface area is 106 Å². The van der Waals surface area contributed by atoms with Gasteiger partial charge in [0.15, 0.2) is 0 Å². The first-order chi connectivity index (χ1) is 8.09. The third kappa shape index (κ3) is 6.36. The van der Waals surface area contributed by atoms with Crippen molar-refractivity contribution in [3.8, 4) is 0 Å². The van der Waals surface area contributed by atoms with Crippen molar-refractivity contribution in [2.75, 3.05) is 53.4 Å². The molecule has 1 saturated heterocycles. The van der Waals surface area contributed by atoms with Crippen LogP contribution in [0.3, 0.4) is 0 Å². The molecule has 0 aromatic heterocycles. The quantitative estimate of drug-likeness (QED) is 0.664. The van der Waals surface area contributed by atoms with Gasteiger partial charge < -0.3 is 15.0 Å². The molecule has 0 radical (unpaired) electrons. The van der Waals surface area contributed by atoms with Gasteiger partial charge in [-0.2, -0.15) is 0 Å². The Morgan fingerprint density at radius 3 is 2.76 bits per heavy atom. The van der Waals surface area contributed by atoms with Gasteiger partial charge in [0.05, 0.1) is 12.7 Å². The average molecular weight is 243 g/mol. The van der Waals surface area contributed by atoms with Gasteiger partial charge in [-0.05, 0) is 47.5 Å². The number of hydrogen-bond donors (Lipinski definition) is 1. The van der Waals surface area contributed by atoms with E-state index in [1.165, 1.54) is 6.42 Å². The minimum atomic E-state index is 0.389. The van der Waals surface area contributed by atoms with Crippen molar-refractivity contribution < 1.29 is 4.74 Å². The van der Waals surface area contributed by atoms with Gasteiger partial charge in [0.25, 0.3) is 0 Å². The third-order valence-electron chi connectivity index (χ3n) is 3.27. The smallest absolute Gasteiger partial charge is 0.0674 e. The zero-order valence-corrected chi connectivity index (χ0v) is 11.9. The highest BCUT2D eigenvalue weighted by atomic mass is 16.5. The highest BCUT2D eigenvalue weighted by Crippen LogP contribution is 2.09. The molecule has 2 unspecified atom stereocenters. The van der Waals surface area contributed by atoms with Gasteiger partial charge in [0.1, 0.15) is 0 Å². The standard InChI is InChI=1S/C13H29N3O/c1-12-11-17-13(2)10-16(12)9-7-14-6-5-8-15(3)4/h12-14H,5-11H2,1-4H3. The molecule has 1 N–H and O–H groups in total. The van der Waals surface area contributed by atoms with Gasteiger partial charge in [-0.1, -0.05) is 0 Å². The summed E-state index contributed by atoms with van der Waals surface area (Å²) in [5, 5.41) is 3.51. The molecule has 2 atom stereocenters. The van der Waals surface area contributed by atoms with Crippen molar-refractivity contribution >= 4 is 0 Å². The zero-order chi connectivity index (χ0) is 12.7. The van der Waals surface area contributed by atoms with Gasteiger partial charge in [-0.3, -0.25) is 4.90 Å². The van der Waals surface area contributed by atoms with Gasteiger partial charge in [0.2, 0.25) is 0 Å². The summed E-state index contributed by atoms with van der Waals surface area (Å²) in [5.41, 5.74) is 0. The van der Waals surface area contributed by atoms with E-state index in [2.05, 4.69) is 43.1 Å². The van der Waals surface area contributed by atoms with Crippen LogP contribution in [-0.4, -0.2) is 75.4 Å². The van der Waals surface area contributed by atoms with Crippen molar-refractivity contribution in [2.24, 2.45) is 0 Å². The SMILES string of the molecule is CC1CN(CCNCCCN(C)C)C(C)CO1. The lowest BCUT2D eigenvalue weighted by Crippen LogP contribution is -2.49. The molecule has 1 rings (SSSR count). The molecule has 0 aromatic rings. The number of morpholine rings is 1. The van der Waals surface area contributed by atoms with E-state index in [0.29, 0.717) is 12.1 Å². The summed E-state index contributed by atoms with van der Waals surface area (Å²) in [5.74, 6) is 0. The largest absolute Gasteiger partial charge is 0.376 e. The first-order valence-electron chi connectivity index (χ1n) is 6.80. The van der Waals surface area contributed by atoms with Crippen LogP contribution in [0, 0.1) is 0 Å². The van der Waals surface area contributed by atoms with Gasteiger partial charge >= 0.3 is 0 Å².